The Morgan fingerprint density at radius 1 is 1.16 bits per heavy atom. The second-order valence-corrected chi connectivity index (χ2v) is 10.7. The van der Waals surface area contributed by atoms with E-state index < -0.39 is 21.6 Å². The Morgan fingerprint density at radius 2 is 1.87 bits per heavy atom. The van der Waals surface area contributed by atoms with Crippen LogP contribution in [0.5, 0.6) is 0 Å². The van der Waals surface area contributed by atoms with Crippen molar-refractivity contribution in [2.75, 3.05) is 5.32 Å². The van der Waals surface area contributed by atoms with E-state index in [1.165, 1.54) is 6.07 Å². The van der Waals surface area contributed by atoms with Gasteiger partial charge in [0.05, 0.1) is 22.4 Å². The summed E-state index contributed by atoms with van der Waals surface area (Å²) < 4.78 is -1.25. The van der Waals surface area contributed by atoms with Gasteiger partial charge in [-0.15, -0.1) is 23.2 Å². The minimum Gasteiger partial charge on any atom is -0.326 e. The van der Waals surface area contributed by atoms with Crippen LogP contribution < -0.4 is 5.32 Å². The third-order valence-electron chi connectivity index (χ3n) is 5.88. The van der Waals surface area contributed by atoms with Gasteiger partial charge < -0.3 is 5.32 Å². The van der Waals surface area contributed by atoms with Gasteiger partial charge >= 0.3 is 0 Å². The number of hydrogen-bond donors (Lipinski definition) is 1. The molecule has 2 fully saturated rings. The summed E-state index contributed by atoms with van der Waals surface area (Å²) in [6.07, 6.45) is 1.54. The zero-order chi connectivity index (χ0) is 22.6. The van der Waals surface area contributed by atoms with E-state index in [0.29, 0.717) is 23.6 Å². The highest BCUT2D eigenvalue weighted by molar-refractivity contribution is 6.53. The number of nitriles is 1. The molecule has 160 valence electrons. The number of Topliss-reactive ketones (excluding diaryl/α,β-unsaturated/α-hetero) is 1. The van der Waals surface area contributed by atoms with Gasteiger partial charge in [-0.2, -0.15) is 5.26 Å². The highest BCUT2D eigenvalue weighted by Gasteiger charge is 2.67. The van der Waals surface area contributed by atoms with E-state index in [1.807, 2.05) is 19.1 Å². The number of rotatable bonds is 6. The molecule has 0 radical (unpaired) electrons. The number of ketones is 1. The Balaban J connectivity index is 1.51. The summed E-state index contributed by atoms with van der Waals surface area (Å²) in [5.74, 6) is -1.64. The van der Waals surface area contributed by atoms with E-state index in [1.54, 1.807) is 18.2 Å². The number of carbonyl (C=O) groups is 2. The lowest BCUT2D eigenvalue weighted by Crippen LogP contribution is -2.17. The molecule has 2 aromatic rings. The molecular weight excluding hydrogens is 478 g/mol. The van der Waals surface area contributed by atoms with Gasteiger partial charge in [0, 0.05) is 28.6 Å². The number of amides is 1. The highest BCUT2D eigenvalue weighted by atomic mass is 35.5. The number of aryl methyl sites for hydroxylation is 1. The molecule has 4 rings (SSSR count). The normalized spacial score (nSPS) is 22.3. The molecule has 2 unspecified atom stereocenters. The second kappa shape index (κ2) is 7.98. The minimum absolute atomic E-state index is 0.117. The predicted molar refractivity (Wildman–Crippen MR) is 123 cm³/mol. The van der Waals surface area contributed by atoms with Crippen LogP contribution in [0.3, 0.4) is 0 Å². The molecule has 0 saturated heterocycles. The van der Waals surface area contributed by atoms with Crippen LogP contribution in [-0.2, 0) is 4.79 Å². The van der Waals surface area contributed by atoms with Crippen molar-refractivity contribution >= 4 is 63.8 Å². The van der Waals surface area contributed by atoms with E-state index >= 15 is 0 Å². The fourth-order valence-corrected chi connectivity index (χ4v) is 5.28. The van der Waals surface area contributed by atoms with E-state index in [9.17, 15) is 14.9 Å². The quantitative estimate of drug-likeness (QED) is 0.357. The van der Waals surface area contributed by atoms with Gasteiger partial charge in [-0.3, -0.25) is 9.59 Å². The van der Waals surface area contributed by atoms with Gasteiger partial charge in [0.1, 0.15) is 4.33 Å². The van der Waals surface area contributed by atoms with Gasteiger partial charge in [-0.25, -0.2) is 0 Å². The maximum absolute atomic E-state index is 12.9. The number of hydrogen-bond acceptors (Lipinski definition) is 3. The molecule has 2 saturated carbocycles. The summed E-state index contributed by atoms with van der Waals surface area (Å²) in [4.78, 5) is 25.6. The van der Waals surface area contributed by atoms with Crippen LogP contribution in [0.1, 0.15) is 46.7 Å². The number of nitrogens with one attached hydrogen (secondary N) is 1. The molecular formula is C23H18Cl4N2O2. The van der Waals surface area contributed by atoms with E-state index in [-0.39, 0.29) is 28.7 Å². The van der Waals surface area contributed by atoms with Crippen LogP contribution >= 0.6 is 46.4 Å². The van der Waals surface area contributed by atoms with Crippen molar-refractivity contribution in [1.82, 2.24) is 0 Å². The number of alkyl halides is 2. The maximum Gasteiger partial charge on any atom is 0.231 e. The molecule has 1 amide bonds. The molecule has 0 aromatic heterocycles. The molecule has 0 heterocycles. The van der Waals surface area contributed by atoms with Gasteiger partial charge in [0.15, 0.2) is 5.78 Å². The molecule has 31 heavy (non-hydrogen) atoms. The van der Waals surface area contributed by atoms with Crippen LogP contribution in [-0.4, -0.2) is 16.0 Å². The molecule has 2 aliphatic carbocycles. The summed E-state index contributed by atoms with van der Waals surface area (Å²) in [5.41, 5.74) is 1.86. The van der Waals surface area contributed by atoms with Gasteiger partial charge in [0.2, 0.25) is 5.91 Å². The van der Waals surface area contributed by atoms with E-state index in [2.05, 4.69) is 11.4 Å². The summed E-state index contributed by atoms with van der Waals surface area (Å²) in [6, 6.07) is 12.4. The van der Waals surface area contributed by atoms with Crippen molar-refractivity contribution in [3.05, 3.63) is 63.1 Å². The van der Waals surface area contributed by atoms with Crippen LogP contribution in [0.4, 0.5) is 5.69 Å². The zero-order valence-corrected chi connectivity index (χ0v) is 19.5. The maximum atomic E-state index is 12.9. The Hall–Kier alpha value is -1.77. The Morgan fingerprint density at radius 3 is 2.48 bits per heavy atom. The van der Waals surface area contributed by atoms with Crippen molar-refractivity contribution in [3.63, 3.8) is 0 Å². The van der Waals surface area contributed by atoms with Gasteiger partial charge in [-0.1, -0.05) is 29.3 Å². The van der Waals surface area contributed by atoms with Crippen LogP contribution in [0.15, 0.2) is 36.4 Å². The average Bonchev–Trinajstić information content (AvgIpc) is 3.57. The zero-order valence-electron chi connectivity index (χ0n) is 16.5. The Kier molecular flexibility index (Phi) is 5.77. The lowest BCUT2D eigenvalue weighted by atomic mass is 9.96. The van der Waals surface area contributed by atoms with Crippen LogP contribution in [0.25, 0.3) is 0 Å². The number of nitrogens with zero attached hydrogens (tertiary/aromatic N) is 1. The van der Waals surface area contributed by atoms with Crippen molar-refractivity contribution < 1.29 is 9.59 Å². The van der Waals surface area contributed by atoms with Crippen molar-refractivity contribution in [3.8, 4) is 6.07 Å². The Bertz CT molecular complexity index is 1110. The Labute approximate surface area is 200 Å². The standard InChI is InChI=1S/C23H18Cl4N2O2/c1-12-6-13(8-14(24)7-12)19-20(23(19,26)27)21(31)29-15-2-3-17(25)16(9-15)18(30)10-22(11-28)4-5-22/h2-3,6-9,19-20H,4-5,10H2,1H3,(H,29,31). The monoisotopic (exact) mass is 494 g/mol. The molecule has 1 N–H and O–H groups in total. The fourth-order valence-electron chi connectivity index (χ4n) is 3.93. The first kappa shape index (κ1) is 22.4. The van der Waals surface area contributed by atoms with E-state index in [0.717, 1.165) is 11.1 Å². The third kappa shape index (κ3) is 4.43. The number of carbonyl (C=O) groups excluding carboxylic acids is 2. The lowest BCUT2D eigenvalue weighted by Gasteiger charge is -2.10. The SMILES string of the molecule is Cc1cc(Cl)cc(C2C(C(=O)Nc3ccc(Cl)c(C(=O)CC4(C#N)CC4)c3)C2(Cl)Cl)c1. The first-order valence-corrected chi connectivity index (χ1v) is 11.3. The molecule has 8 heteroatoms. The topological polar surface area (TPSA) is 70.0 Å². The lowest BCUT2D eigenvalue weighted by molar-refractivity contribution is -0.117. The molecule has 2 aliphatic rings. The number of halogens is 4. The van der Waals surface area contributed by atoms with Crippen molar-refractivity contribution in [2.24, 2.45) is 11.3 Å². The molecule has 0 spiro atoms. The average molecular weight is 496 g/mol. The van der Waals surface area contributed by atoms with Gasteiger partial charge in [-0.05, 0) is 61.2 Å². The first-order chi connectivity index (χ1) is 14.6. The van der Waals surface area contributed by atoms with Crippen LogP contribution in [0.2, 0.25) is 10.0 Å². The van der Waals surface area contributed by atoms with Crippen molar-refractivity contribution in [1.29, 1.82) is 5.26 Å². The third-order valence-corrected chi connectivity index (χ3v) is 7.37. The summed E-state index contributed by atoms with van der Waals surface area (Å²) in [5, 5.41) is 12.9. The minimum atomic E-state index is -1.25. The molecule has 2 atom stereocenters. The highest BCUT2D eigenvalue weighted by Crippen LogP contribution is 2.65. The molecule has 0 bridgehead atoms. The summed E-state index contributed by atoms with van der Waals surface area (Å²) >= 11 is 25.2. The second-order valence-electron chi connectivity index (χ2n) is 8.37. The molecule has 2 aromatic carbocycles. The van der Waals surface area contributed by atoms with Gasteiger partial charge in [0.25, 0.3) is 0 Å². The van der Waals surface area contributed by atoms with E-state index in [4.69, 9.17) is 46.4 Å². The molecule has 4 nitrogen and oxygen atoms in total. The summed E-state index contributed by atoms with van der Waals surface area (Å²) in [6.45, 7) is 1.90. The first-order valence-electron chi connectivity index (χ1n) is 9.76. The molecule has 0 aliphatic heterocycles. The summed E-state index contributed by atoms with van der Waals surface area (Å²) in [7, 11) is 0. The largest absolute Gasteiger partial charge is 0.326 e. The van der Waals surface area contributed by atoms with Crippen LogP contribution in [0, 0.1) is 29.6 Å². The fraction of sp³-hybridized carbons (Fsp3) is 0.348. The van der Waals surface area contributed by atoms with Crippen molar-refractivity contribution in [2.45, 2.75) is 36.4 Å². The predicted octanol–water partition coefficient (Wildman–Crippen LogP) is 6.70. The number of anilines is 1. The number of benzene rings is 2. The smallest absolute Gasteiger partial charge is 0.231 e.